The number of halogens is 1. The van der Waals surface area contributed by atoms with Gasteiger partial charge >= 0.3 is 0 Å². The van der Waals surface area contributed by atoms with Gasteiger partial charge in [-0.15, -0.1) is 12.4 Å². The van der Waals surface area contributed by atoms with Crippen LogP contribution in [0, 0.1) is 0 Å². The van der Waals surface area contributed by atoms with E-state index in [1.807, 2.05) is 0 Å². The SMILES string of the molecule is COc1cc2c(cc1OC)CN(CCCCNS(=O)(=O)c1ccccc1)CC2.Cl. The molecule has 3 rings (SSSR count). The second-order valence-corrected chi connectivity index (χ2v) is 8.69. The summed E-state index contributed by atoms with van der Waals surface area (Å²) < 4.78 is 37.9. The lowest BCUT2D eigenvalue weighted by Crippen LogP contribution is -2.32. The van der Waals surface area contributed by atoms with Gasteiger partial charge in [0.1, 0.15) is 0 Å². The fourth-order valence-electron chi connectivity index (χ4n) is 3.48. The highest BCUT2D eigenvalue weighted by atomic mass is 35.5. The molecule has 6 nitrogen and oxygen atoms in total. The van der Waals surface area contributed by atoms with Gasteiger partial charge in [0.15, 0.2) is 11.5 Å². The number of methoxy groups -OCH3 is 2. The van der Waals surface area contributed by atoms with E-state index in [2.05, 4.69) is 21.8 Å². The smallest absolute Gasteiger partial charge is 0.240 e. The van der Waals surface area contributed by atoms with Crippen molar-refractivity contribution in [3.05, 3.63) is 53.6 Å². The van der Waals surface area contributed by atoms with Gasteiger partial charge in [0, 0.05) is 19.6 Å². The third kappa shape index (κ3) is 6.09. The van der Waals surface area contributed by atoms with E-state index >= 15 is 0 Å². The zero-order chi connectivity index (χ0) is 20.0. The maximum absolute atomic E-state index is 12.2. The second kappa shape index (κ2) is 10.8. The first-order valence-electron chi connectivity index (χ1n) is 9.54. The van der Waals surface area contributed by atoms with Crippen molar-refractivity contribution in [1.29, 1.82) is 0 Å². The maximum atomic E-state index is 12.2. The molecule has 2 aromatic rings. The molecule has 8 heteroatoms. The predicted octanol–water partition coefficient (Wildman–Crippen LogP) is 3.24. The van der Waals surface area contributed by atoms with Gasteiger partial charge < -0.3 is 9.47 Å². The molecule has 0 saturated carbocycles. The van der Waals surface area contributed by atoms with Crippen molar-refractivity contribution in [1.82, 2.24) is 9.62 Å². The molecule has 0 unspecified atom stereocenters. The standard InChI is InChI=1S/C21H28N2O4S.ClH/c1-26-20-14-17-10-13-23(16-18(17)15-21(20)27-2)12-7-6-11-22-28(24,25)19-8-4-3-5-9-19;/h3-5,8-9,14-15,22H,6-7,10-13,16H2,1-2H3;1H. The zero-order valence-corrected chi connectivity index (χ0v) is 18.5. The maximum Gasteiger partial charge on any atom is 0.240 e. The van der Waals surface area contributed by atoms with Crippen LogP contribution in [0.15, 0.2) is 47.4 Å². The molecular weight excluding hydrogens is 412 g/mol. The third-order valence-electron chi connectivity index (χ3n) is 5.04. The molecular formula is C21H29ClN2O4S. The number of unbranched alkanes of at least 4 members (excludes halogenated alkanes) is 1. The van der Waals surface area contributed by atoms with E-state index in [0.717, 1.165) is 50.4 Å². The molecule has 1 aliphatic rings. The molecule has 160 valence electrons. The van der Waals surface area contributed by atoms with Crippen LogP contribution in [0.1, 0.15) is 24.0 Å². The van der Waals surface area contributed by atoms with Crippen LogP contribution in [-0.2, 0) is 23.0 Å². The minimum atomic E-state index is -3.41. The number of fused-ring (bicyclic) bond motifs is 1. The molecule has 29 heavy (non-hydrogen) atoms. The Morgan fingerprint density at radius 1 is 1.00 bits per heavy atom. The number of sulfonamides is 1. The van der Waals surface area contributed by atoms with Crippen LogP contribution in [0.2, 0.25) is 0 Å². The van der Waals surface area contributed by atoms with Gasteiger partial charge in [-0.05, 0) is 61.2 Å². The number of hydrogen-bond donors (Lipinski definition) is 1. The van der Waals surface area contributed by atoms with E-state index in [1.165, 1.54) is 11.1 Å². The molecule has 0 radical (unpaired) electrons. The molecule has 0 bridgehead atoms. The lowest BCUT2D eigenvalue weighted by atomic mass is 9.98. The molecule has 0 spiro atoms. The lowest BCUT2D eigenvalue weighted by molar-refractivity contribution is 0.248. The van der Waals surface area contributed by atoms with Crippen LogP contribution in [0.4, 0.5) is 0 Å². The van der Waals surface area contributed by atoms with Crippen molar-refractivity contribution in [3.63, 3.8) is 0 Å². The van der Waals surface area contributed by atoms with Crippen LogP contribution in [0.25, 0.3) is 0 Å². The Balaban J connectivity index is 0.00000300. The van der Waals surface area contributed by atoms with E-state index in [4.69, 9.17) is 9.47 Å². The Bertz CT molecular complexity index is 891. The summed E-state index contributed by atoms with van der Waals surface area (Å²) in [6, 6.07) is 12.6. The van der Waals surface area contributed by atoms with Crippen LogP contribution >= 0.6 is 12.4 Å². The number of ether oxygens (including phenoxy) is 2. The zero-order valence-electron chi connectivity index (χ0n) is 16.9. The molecule has 2 aromatic carbocycles. The normalized spacial score (nSPS) is 14.0. The van der Waals surface area contributed by atoms with Crippen LogP contribution in [0.3, 0.4) is 0 Å². The molecule has 0 saturated heterocycles. The summed E-state index contributed by atoms with van der Waals surface area (Å²) in [6.45, 7) is 3.27. The minimum Gasteiger partial charge on any atom is -0.493 e. The molecule has 1 N–H and O–H groups in total. The van der Waals surface area contributed by atoms with Crippen molar-refractivity contribution in [2.24, 2.45) is 0 Å². The Hall–Kier alpha value is -1.80. The summed E-state index contributed by atoms with van der Waals surface area (Å²) in [7, 11) is -0.0970. The number of nitrogens with one attached hydrogen (secondary N) is 1. The lowest BCUT2D eigenvalue weighted by Gasteiger charge is -2.29. The van der Waals surface area contributed by atoms with Gasteiger partial charge in [-0.25, -0.2) is 13.1 Å². The minimum absolute atomic E-state index is 0. The van der Waals surface area contributed by atoms with Crippen molar-refractivity contribution in [3.8, 4) is 11.5 Å². The summed E-state index contributed by atoms with van der Waals surface area (Å²) in [5.41, 5.74) is 2.58. The average molecular weight is 441 g/mol. The largest absolute Gasteiger partial charge is 0.493 e. The Labute approximate surface area is 179 Å². The fraction of sp³-hybridized carbons (Fsp3) is 0.429. The highest BCUT2D eigenvalue weighted by Gasteiger charge is 2.19. The van der Waals surface area contributed by atoms with Gasteiger partial charge in [-0.2, -0.15) is 0 Å². The molecule has 0 aromatic heterocycles. The summed E-state index contributed by atoms with van der Waals surface area (Å²) in [4.78, 5) is 2.71. The van der Waals surface area contributed by atoms with Gasteiger partial charge in [0.2, 0.25) is 10.0 Å². The topological polar surface area (TPSA) is 67.9 Å². The molecule has 0 fully saturated rings. The molecule has 1 heterocycles. The highest BCUT2D eigenvalue weighted by Crippen LogP contribution is 2.33. The van der Waals surface area contributed by atoms with E-state index in [1.54, 1.807) is 44.6 Å². The molecule has 0 aliphatic carbocycles. The van der Waals surface area contributed by atoms with Crippen molar-refractivity contribution < 1.29 is 17.9 Å². The quantitative estimate of drug-likeness (QED) is 0.606. The molecule has 0 amide bonds. The molecule has 1 aliphatic heterocycles. The van der Waals surface area contributed by atoms with Crippen molar-refractivity contribution in [2.75, 3.05) is 33.9 Å². The summed E-state index contributed by atoms with van der Waals surface area (Å²) in [5, 5.41) is 0. The first kappa shape index (κ1) is 23.5. The first-order valence-corrected chi connectivity index (χ1v) is 11.0. The number of hydrogen-bond acceptors (Lipinski definition) is 5. The Morgan fingerprint density at radius 3 is 2.31 bits per heavy atom. The monoisotopic (exact) mass is 440 g/mol. The summed E-state index contributed by atoms with van der Waals surface area (Å²) in [5.74, 6) is 1.54. The predicted molar refractivity (Wildman–Crippen MR) is 117 cm³/mol. The summed E-state index contributed by atoms with van der Waals surface area (Å²) >= 11 is 0. The highest BCUT2D eigenvalue weighted by molar-refractivity contribution is 7.89. The van der Waals surface area contributed by atoms with E-state index in [0.29, 0.717) is 11.4 Å². The first-order chi connectivity index (χ1) is 13.5. The molecule has 0 atom stereocenters. The number of nitrogens with zero attached hydrogens (tertiary/aromatic N) is 1. The Kier molecular flexibility index (Phi) is 8.77. The van der Waals surface area contributed by atoms with Crippen LogP contribution in [0.5, 0.6) is 11.5 Å². The van der Waals surface area contributed by atoms with Gasteiger partial charge in [0.05, 0.1) is 19.1 Å². The number of rotatable bonds is 9. The Morgan fingerprint density at radius 2 is 1.66 bits per heavy atom. The van der Waals surface area contributed by atoms with Gasteiger partial charge in [0.25, 0.3) is 0 Å². The van der Waals surface area contributed by atoms with Crippen molar-refractivity contribution in [2.45, 2.75) is 30.7 Å². The fourth-order valence-corrected chi connectivity index (χ4v) is 4.58. The van der Waals surface area contributed by atoms with Crippen LogP contribution < -0.4 is 14.2 Å². The average Bonchev–Trinajstić information content (AvgIpc) is 2.73. The summed E-state index contributed by atoms with van der Waals surface area (Å²) in [6.07, 6.45) is 2.73. The second-order valence-electron chi connectivity index (χ2n) is 6.92. The van der Waals surface area contributed by atoms with Gasteiger partial charge in [-0.3, -0.25) is 4.90 Å². The van der Waals surface area contributed by atoms with E-state index in [9.17, 15) is 8.42 Å². The van der Waals surface area contributed by atoms with E-state index < -0.39 is 10.0 Å². The van der Waals surface area contributed by atoms with Gasteiger partial charge in [-0.1, -0.05) is 18.2 Å². The van der Waals surface area contributed by atoms with Crippen LogP contribution in [-0.4, -0.2) is 47.2 Å². The van der Waals surface area contributed by atoms with Crippen molar-refractivity contribution >= 4 is 22.4 Å². The van der Waals surface area contributed by atoms with E-state index in [-0.39, 0.29) is 12.4 Å². The third-order valence-corrected chi connectivity index (χ3v) is 6.52. The number of benzene rings is 2.